The molecule has 1 aliphatic rings. The predicted molar refractivity (Wildman–Crippen MR) is 122 cm³/mol. The molecule has 1 aliphatic heterocycles. The van der Waals surface area contributed by atoms with Crippen molar-refractivity contribution in [3.8, 4) is 0 Å². The number of amides is 1. The summed E-state index contributed by atoms with van der Waals surface area (Å²) in [6, 6.07) is 16.6. The molecule has 2 heterocycles. The highest BCUT2D eigenvalue weighted by Gasteiger charge is 2.22. The Bertz CT molecular complexity index is 969. The normalized spacial score (nSPS) is 14.5. The average molecular weight is 439 g/mol. The Morgan fingerprint density at radius 2 is 1.81 bits per heavy atom. The predicted octanol–water partition coefficient (Wildman–Crippen LogP) is 4.23. The Morgan fingerprint density at radius 3 is 2.55 bits per heavy atom. The zero-order valence-electron chi connectivity index (χ0n) is 17.5. The first-order valence-electron chi connectivity index (χ1n) is 10.8. The number of carbonyl (C=O) groups excluding carboxylic acids is 1. The molecule has 0 saturated carbocycles. The first-order valence-corrected chi connectivity index (χ1v) is 11.6. The molecular formula is C24H27FN4OS. The Hall–Kier alpha value is -2.80. The van der Waals surface area contributed by atoms with Crippen LogP contribution in [0.15, 0.2) is 54.6 Å². The van der Waals surface area contributed by atoms with Gasteiger partial charge in [-0.3, -0.25) is 4.79 Å². The Morgan fingerprint density at radius 1 is 1.06 bits per heavy atom. The fourth-order valence-electron chi connectivity index (χ4n) is 3.81. The van der Waals surface area contributed by atoms with Gasteiger partial charge in [-0.25, -0.2) is 9.37 Å². The number of carbonyl (C=O) groups is 1. The zero-order valence-corrected chi connectivity index (χ0v) is 18.3. The number of rotatable bonds is 8. The number of piperidine rings is 1. The molecule has 0 aliphatic carbocycles. The summed E-state index contributed by atoms with van der Waals surface area (Å²) in [6.07, 6.45) is 3.99. The van der Waals surface area contributed by atoms with Gasteiger partial charge in [0.25, 0.3) is 0 Å². The van der Waals surface area contributed by atoms with Gasteiger partial charge in [-0.15, -0.1) is 0 Å². The lowest BCUT2D eigenvalue weighted by Gasteiger charge is -2.31. The van der Waals surface area contributed by atoms with E-state index in [1.807, 2.05) is 18.2 Å². The average Bonchev–Trinajstić information content (AvgIpc) is 3.27. The first kappa shape index (κ1) is 21.4. The summed E-state index contributed by atoms with van der Waals surface area (Å²) in [5.41, 5.74) is 2.20. The smallest absolute Gasteiger partial charge is 0.220 e. The van der Waals surface area contributed by atoms with Crippen molar-refractivity contribution >= 4 is 22.6 Å². The van der Waals surface area contributed by atoms with Crippen LogP contribution >= 0.6 is 11.5 Å². The number of nitrogens with one attached hydrogen (secondary N) is 1. The maximum atomic E-state index is 13.1. The number of anilines is 1. The van der Waals surface area contributed by atoms with Crippen LogP contribution in [0.25, 0.3) is 0 Å². The molecule has 4 rings (SSSR count). The lowest BCUT2D eigenvalue weighted by Crippen LogP contribution is -2.38. The summed E-state index contributed by atoms with van der Waals surface area (Å²) >= 11 is 1.42. The van der Waals surface area contributed by atoms with Gasteiger partial charge in [0.2, 0.25) is 11.0 Å². The number of aromatic nitrogens is 2. The highest BCUT2D eigenvalue weighted by Crippen LogP contribution is 2.25. The molecule has 1 amide bonds. The van der Waals surface area contributed by atoms with Gasteiger partial charge in [0.05, 0.1) is 0 Å². The second-order valence-corrected chi connectivity index (χ2v) is 8.75. The minimum Gasteiger partial charge on any atom is -0.356 e. The van der Waals surface area contributed by atoms with Crippen LogP contribution in [0.1, 0.15) is 36.2 Å². The molecule has 0 spiro atoms. The number of benzene rings is 2. The summed E-state index contributed by atoms with van der Waals surface area (Å²) in [5.74, 6) is 1.18. The summed E-state index contributed by atoms with van der Waals surface area (Å²) in [5, 5.41) is 4.05. The van der Waals surface area contributed by atoms with Gasteiger partial charge in [0.15, 0.2) is 0 Å². The fraction of sp³-hybridized carbons (Fsp3) is 0.375. The fourth-order valence-corrected chi connectivity index (χ4v) is 4.54. The van der Waals surface area contributed by atoms with Gasteiger partial charge in [0.1, 0.15) is 11.6 Å². The van der Waals surface area contributed by atoms with Crippen LogP contribution in [0.3, 0.4) is 0 Å². The van der Waals surface area contributed by atoms with E-state index < -0.39 is 0 Å². The highest BCUT2D eigenvalue weighted by molar-refractivity contribution is 7.09. The number of hydrogen-bond acceptors (Lipinski definition) is 5. The largest absolute Gasteiger partial charge is 0.356 e. The van der Waals surface area contributed by atoms with Gasteiger partial charge >= 0.3 is 0 Å². The van der Waals surface area contributed by atoms with Gasteiger partial charge in [-0.05, 0) is 48.4 Å². The van der Waals surface area contributed by atoms with Gasteiger partial charge in [-0.1, -0.05) is 42.5 Å². The monoisotopic (exact) mass is 438 g/mol. The van der Waals surface area contributed by atoms with Crippen LogP contribution in [-0.4, -0.2) is 34.9 Å². The van der Waals surface area contributed by atoms with E-state index in [9.17, 15) is 9.18 Å². The molecule has 0 atom stereocenters. The third kappa shape index (κ3) is 6.34. The standard InChI is InChI=1S/C24H27FN4OS/c25-21-9-6-19(7-10-21)16-22-27-24(31-28-22)29-14-12-20(13-15-29)17-26-23(30)11-8-18-4-2-1-3-5-18/h1-7,9-10,20H,8,11-17H2,(H,26,30). The van der Waals surface area contributed by atoms with Crippen molar-refractivity contribution in [2.45, 2.75) is 32.1 Å². The van der Waals surface area contributed by atoms with Gasteiger partial charge in [0, 0.05) is 44.0 Å². The zero-order chi connectivity index (χ0) is 21.5. The first-order chi connectivity index (χ1) is 15.2. The van der Waals surface area contributed by atoms with Crippen LogP contribution < -0.4 is 10.2 Å². The van der Waals surface area contributed by atoms with E-state index in [4.69, 9.17) is 0 Å². The molecule has 1 saturated heterocycles. The molecule has 2 aromatic carbocycles. The molecular weight excluding hydrogens is 411 g/mol. The molecule has 1 N–H and O–H groups in total. The van der Waals surface area contributed by atoms with Crippen molar-refractivity contribution in [1.82, 2.24) is 14.7 Å². The maximum absolute atomic E-state index is 13.1. The molecule has 0 unspecified atom stereocenters. The number of halogens is 1. The molecule has 0 bridgehead atoms. The van der Waals surface area contributed by atoms with E-state index in [-0.39, 0.29) is 11.7 Å². The quantitative estimate of drug-likeness (QED) is 0.572. The number of nitrogens with zero attached hydrogens (tertiary/aromatic N) is 3. The summed E-state index contributed by atoms with van der Waals surface area (Å²) in [7, 11) is 0. The molecule has 31 heavy (non-hydrogen) atoms. The summed E-state index contributed by atoms with van der Waals surface area (Å²) in [6.45, 7) is 2.60. The molecule has 7 heteroatoms. The van der Waals surface area contributed by atoms with Crippen LogP contribution in [-0.2, 0) is 17.6 Å². The lowest BCUT2D eigenvalue weighted by atomic mass is 9.97. The van der Waals surface area contributed by atoms with Gasteiger partial charge in [-0.2, -0.15) is 4.37 Å². The third-order valence-electron chi connectivity index (χ3n) is 5.69. The van der Waals surface area contributed by atoms with Crippen molar-refractivity contribution in [3.63, 3.8) is 0 Å². The van der Waals surface area contributed by atoms with Crippen LogP contribution in [0.5, 0.6) is 0 Å². The highest BCUT2D eigenvalue weighted by atomic mass is 32.1. The van der Waals surface area contributed by atoms with E-state index >= 15 is 0 Å². The molecule has 0 radical (unpaired) electrons. The minimum absolute atomic E-state index is 0.126. The van der Waals surface area contributed by atoms with Crippen LogP contribution in [0, 0.1) is 11.7 Å². The van der Waals surface area contributed by atoms with Gasteiger partial charge < -0.3 is 10.2 Å². The van der Waals surface area contributed by atoms with E-state index in [1.165, 1.54) is 29.2 Å². The van der Waals surface area contributed by atoms with Crippen molar-refractivity contribution in [1.29, 1.82) is 0 Å². The van der Waals surface area contributed by atoms with Crippen LogP contribution in [0.2, 0.25) is 0 Å². The minimum atomic E-state index is -0.231. The molecule has 1 aromatic heterocycles. The molecule has 1 fully saturated rings. The molecule has 5 nitrogen and oxygen atoms in total. The lowest BCUT2D eigenvalue weighted by molar-refractivity contribution is -0.121. The maximum Gasteiger partial charge on any atom is 0.220 e. The second-order valence-electron chi connectivity index (χ2n) is 8.02. The Kier molecular flexibility index (Phi) is 7.25. The topological polar surface area (TPSA) is 58.1 Å². The number of hydrogen-bond donors (Lipinski definition) is 1. The second kappa shape index (κ2) is 10.5. The number of aryl methyl sites for hydroxylation is 1. The van der Waals surface area contributed by atoms with Crippen LogP contribution in [0.4, 0.5) is 9.52 Å². The summed E-state index contributed by atoms with van der Waals surface area (Å²) < 4.78 is 17.5. The molecule has 3 aromatic rings. The van der Waals surface area contributed by atoms with Crippen molar-refractivity contribution in [2.75, 3.05) is 24.5 Å². The Balaban J connectivity index is 1.18. The van der Waals surface area contributed by atoms with E-state index in [0.717, 1.165) is 55.4 Å². The van der Waals surface area contributed by atoms with E-state index in [2.05, 4.69) is 31.7 Å². The third-order valence-corrected chi connectivity index (χ3v) is 6.50. The van der Waals surface area contributed by atoms with Crippen molar-refractivity contribution in [2.24, 2.45) is 5.92 Å². The SMILES string of the molecule is O=C(CCc1ccccc1)NCC1CCN(c2nc(Cc3ccc(F)cc3)ns2)CC1. The summed E-state index contributed by atoms with van der Waals surface area (Å²) in [4.78, 5) is 19.1. The molecule has 162 valence electrons. The van der Waals surface area contributed by atoms with Crippen molar-refractivity contribution in [3.05, 3.63) is 77.4 Å². The van der Waals surface area contributed by atoms with Crippen molar-refractivity contribution < 1.29 is 9.18 Å². The Labute approximate surface area is 186 Å². The van der Waals surface area contributed by atoms with E-state index in [1.54, 1.807) is 12.1 Å². The van der Waals surface area contributed by atoms with E-state index in [0.29, 0.717) is 18.8 Å².